The molecule has 0 heterocycles. The maximum absolute atomic E-state index is 13.7. The molecule has 2 N–H and O–H groups in total. The van der Waals surface area contributed by atoms with Crippen LogP contribution in [0.2, 0.25) is 5.02 Å². The molecule has 0 aromatic heterocycles. The fraction of sp³-hybridized carbons (Fsp3) is 0.400. The SMILES string of the molecule is CC/C=C\C/C=C\C/C=C\C/C=C\C/C=C\C/C=C\CCC(=O)NN(C(=O)C(C)(C)Oc1ccc(CCNC(=O)c2ccc(Cl)cc2)cc1)C(C)(C)C. The number of amides is 3. The minimum Gasteiger partial charge on any atom is -0.478 e. The van der Waals surface area contributed by atoms with Crippen molar-refractivity contribution in [3.05, 3.63) is 138 Å². The van der Waals surface area contributed by atoms with Crippen LogP contribution in [0, 0.1) is 0 Å². The van der Waals surface area contributed by atoms with Crippen LogP contribution < -0.4 is 15.5 Å². The second kappa shape index (κ2) is 24.6. The summed E-state index contributed by atoms with van der Waals surface area (Å²) in [5, 5.41) is 4.86. The summed E-state index contributed by atoms with van der Waals surface area (Å²) in [7, 11) is 0. The normalized spacial score (nSPS) is 12.6. The molecular weight excluding hydrogens is 682 g/mol. The molecule has 0 bridgehead atoms. The Morgan fingerprint density at radius 1 is 0.698 bits per heavy atom. The highest BCUT2D eigenvalue weighted by Gasteiger charge is 2.40. The van der Waals surface area contributed by atoms with Crippen molar-refractivity contribution in [2.24, 2.45) is 0 Å². The number of allylic oxidation sites excluding steroid dienone is 12. The van der Waals surface area contributed by atoms with Gasteiger partial charge in [-0.1, -0.05) is 104 Å². The van der Waals surface area contributed by atoms with Crippen LogP contribution in [-0.2, 0) is 16.0 Å². The van der Waals surface area contributed by atoms with Gasteiger partial charge in [-0.2, -0.15) is 0 Å². The molecule has 2 aromatic rings. The van der Waals surface area contributed by atoms with Crippen molar-refractivity contribution in [3.63, 3.8) is 0 Å². The number of ether oxygens (including phenoxy) is 1. The molecule has 0 spiro atoms. The van der Waals surface area contributed by atoms with Crippen molar-refractivity contribution in [2.75, 3.05) is 6.54 Å². The van der Waals surface area contributed by atoms with Crippen molar-refractivity contribution in [2.45, 2.75) is 110 Å². The molecule has 2 rings (SSSR count). The summed E-state index contributed by atoms with van der Waals surface area (Å²) in [6, 6.07) is 14.2. The van der Waals surface area contributed by atoms with Gasteiger partial charge in [0.05, 0.1) is 5.54 Å². The van der Waals surface area contributed by atoms with Crippen molar-refractivity contribution in [3.8, 4) is 5.75 Å². The number of benzene rings is 2. The minimum atomic E-state index is -1.25. The zero-order valence-corrected chi connectivity index (χ0v) is 33.3. The molecule has 0 fully saturated rings. The molecule has 8 heteroatoms. The number of hydrogen-bond acceptors (Lipinski definition) is 4. The number of nitrogens with one attached hydrogen (secondary N) is 2. The highest BCUT2D eigenvalue weighted by atomic mass is 35.5. The third-order valence-corrected chi connectivity index (χ3v) is 8.11. The van der Waals surface area contributed by atoms with Crippen LogP contribution in [0.3, 0.4) is 0 Å². The van der Waals surface area contributed by atoms with E-state index in [9.17, 15) is 14.4 Å². The standard InChI is InChI=1S/C45H60ClN3O4/c1-7-8-9-10-11-12-13-14-15-16-17-18-19-20-21-22-23-24-25-26-41(50)48-49(44(2,3)4)43(52)45(5,6)53-40-33-27-37(28-34-40)35-36-47-42(51)38-29-31-39(46)32-30-38/h8-9,11-12,14-15,17-18,20-21,23-24,27-34H,7,10,13,16,19,22,25-26,35-36H2,1-6H3,(H,47,51)(H,48,50)/b9-8-,12-11-,15-14-,18-17-,21-20-,24-23-. The summed E-state index contributed by atoms with van der Waals surface area (Å²) >= 11 is 5.90. The van der Waals surface area contributed by atoms with E-state index in [0.29, 0.717) is 35.7 Å². The fourth-order valence-corrected chi connectivity index (χ4v) is 5.04. The molecule has 0 saturated carbocycles. The molecule has 3 amide bonds. The number of nitrogens with zero attached hydrogens (tertiary/aromatic N) is 1. The number of carbonyl (C=O) groups excluding carboxylic acids is 3. The molecule has 2 aromatic carbocycles. The van der Waals surface area contributed by atoms with Crippen molar-refractivity contribution >= 4 is 29.3 Å². The van der Waals surface area contributed by atoms with Gasteiger partial charge in [0.2, 0.25) is 5.91 Å². The first-order valence-electron chi connectivity index (χ1n) is 18.7. The van der Waals surface area contributed by atoms with E-state index in [1.165, 1.54) is 5.01 Å². The Kier molecular flexibility index (Phi) is 20.7. The third-order valence-electron chi connectivity index (χ3n) is 7.86. The number of hydrogen-bond donors (Lipinski definition) is 2. The van der Waals surface area contributed by atoms with E-state index in [0.717, 1.165) is 44.1 Å². The summed E-state index contributed by atoms with van der Waals surface area (Å²) < 4.78 is 6.14. The molecule has 0 atom stereocenters. The van der Waals surface area contributed by atoms with Crippen molar-refractivity contribution < 1.29 is 19.1 Å². The van der Waals surface area contributed by atoms with Gasteiger partial charge in [0.15, 0.2) is 5.60 Å². The fourth-order valence-electron chi connectivity index (χ4n) is 4.91. The Morgan fingerprint density at radius 2 is 1.19 bits per heavy atom. The quantitative estimate of drug-likeness (QED) is 0.0985. The Balaban J connectivity index is 1.73. The summed E-state index contributed by atoms with van der Waals surface area (Å²) in [5.41, 5.74) is 2.45. The Hall–Kier alpha value is -4.62. The van der Waals surface area contributed by atoms with Gasteiger partial charge in [-0.15, -0.1) is 0 Å². The smallest absolute Gasteiger partial charge is 0.285 e. The number of rotatable bonds is 21. The topological polar surface area (TPSA) is 87.7 Å². The van der Waals surface area contributed by atoms with Crippen LogP contribution in [0.4, 0.5) is 0 Å². The first kappa shape index (κ1) is 44.5. The van der Waals surface area contributed by atoms with Crippen LogP contribution in [0.5, 0.6) is 5.75 Å². The zero-order chi connectivity index (χ0) is 39.0. The van der Waals surface area contributed by atoms with Crippen LogP contribution in [0.25, 0.3) is 0 Å². The molecular formula is C45H60ClN3O4. The van der Waals surface area contributed by atoms with E-state index < -0.39 is 11.1 Å². The van der Waals surface area contributed by atoms with Gasteiger partial charge in [-0.05, 0) is 128 Å². The first-order valence-corrected chi connectivity index (χ1v) is 19.1. The van der Waals surface area contributed by atoms with Gasteiger partial charge in [0.1, 0.15) is 5.75 Å². The molecule has 0 radical (unpaired) electrons. The van der Waals surface area contributed by atoms with Crippen LogP contribution in [0.1, 0.15) is 109 Å². The molecule has 286 valence electrons. The van der Waals surface area contributed by atoms with Crippen LogP contribution >= 0.6 is 11.6 Å². The second-order valence-corrected chi connectivity index (χ2v) is 14.5. The van der Waals surface area contributed by atoms with E-state index in [2.05, 4.69) is 78.4 Å². The van der Waals surface area contributed by atoms with E-state index in [4.69, 9.17) is 16.3 Å². The molecule has 7 nitrogen and oxygen atoms in total. The molecule has 0 unspecified atom stereocenters. The van der Waals surface area contributed by atoms with Gasteiger partial charge < -0.3 is 10.1 Å². The zero-order valence-electron chi connectivity index (χ0n) is 32.6. The van der Waals surface area contributed by atoms with Gasteiger partial charge in [-0.25, -0.2) is 5.01 Å². The summed E-state index contributed by atoms with van der Waals surface area (Å²) in [5.74, 6) is -0.237. The first-order chi connectivity index (χ1) is 25.3. The molecule has 0 saturated heterocycles. The Bertz CT molecular complexity index is 1580. The lowest BCUT2D eigenvalue weighted by molar-refractivity contribution is -0.159. The molecule has 0 aliphatic heterocycles. The summed E-state index contributed by atoms with van der Waals surface area (Å²) in [6.45, 7) is 11.6. The second-order valence-electron chi connectivity index (χ2n) is 14.1. The van der Waals surface area contributed by atoms with Gasteiger partial charge >= 0.3 is 0 Å². The maximum Gasteiger partial charge on any atom is 0.285 e. The molecule has 53 heavy (non-hydrogen) atoms. The van der Waals surface area contributed by atoms with Crippen molar-refractivity contribution in [1.29, 1.82) is 0 Å². The Labute approximate surface area is 323 Å². The van der Waals surface area contributed by atoms with Crippen LogP contribution in [-0.4, -0.2) is 40.4 Å². The van der Waals surface area contributed by atoms with Crippen molar-refractivity contribution in [1.82, 2.24) is 15.8 Å². The molecule has 0 aliphatic carbocycles. The van der Waals surface area contributed by atoms with Gasteiger partial charge in [-0.3, -0.25) is 19.8 Å². The lowest BCUT2D eigenvalue weighted by atomic mass is 10.0. The minimum absolute atomic E-state index is 0.161. The average molecular weight is 742 g/mol. The predicted molar refractivity (Wildman–Crippen MR) is 221 cm³/mol. The maximum atomic E-state index is 13.7. The number of hydrazine groups is 1. The lowest BCUT2D eigenvalue weighted by Gasteiger charge is -2.40. The van der Waals surface area contributed by atoms with E-state index in [-0.39, 0.29) is 24.1 Å². The Morgan fingerprint density at radius 3 is 1.68 bits per heavy atom. The third kappa shape index (κ3) is 19.2. The largest absolute Gasteiger partial charge is 0.478 e. The van der Waals surface area contributed by atoms with E-state index in [1.54, 1.807) is 50.2 Å². The summed E-state index contributed by atoms with van der Waals surface area (Å²) in [4.78, 5) is 39.0. The summed E-state index contributed by atoms with van der Waals surface area (Å²) in [6.07, 6.45) is 33.0. The van der Waals surface area contributed by atoms with E-state index >= 15 is 0 Å². The average Bonchev–Trinajstić information content (AvgIpc) is 3.11. The number of halogens is 1. The van der Waals surface area contributed by atoms with Gasteiger partial charge in [0, 0.05) is 23.6 Å². The van der Waals surface area contributed by atoms with Crippen LogP contribution in [0.15, 0.2) is 121 Å². The van der Waals surface area contributed by atoms with Gasteiger partial charge in [0.25, 0.3) is 11.8 Å². The predicted octanol–water partition coefficient (Wildman–Crippen LogP) is 10.6. The molecule has 0 aliphatic rings. The monoisotopic (exact) mass is 741 g/mol. The number of carbonyl (C=O) groups is 3. The highest BCUT2D eigenvalue weighted by Crippen LogP contribution is 2.24. The lowest BCUT2D eigenvalue weighted by Crippen LogP contribution is -2.62. The van der Waals surface area contributed by atoms with E-state index in [1.807, 2.05) is 45.1 Å². The highest BCUT2D eigenvalue weighted by molar-refractivity contribution is 6.30.